The Morgan fingerprint density at radius 3 is 2.81 bits per heavy atom. The SMILES string of the molecule is CCC(C)CC(CC)Nc1cnn(CC(=O)NC2CC2)c1. The summed E-state index contributed by atoms with van der Waals surface area (Å²) in [6.45, 7) is 7.03. The first-order valence-electron chi connectivity index (χ1n) is 8.19. The molecule has 0 saturated heterocycles. The molecule has 2 atom stereocenters. The summed E-state index contributed by atoms with van der Waals surface area (Å²) in [5.41, 5.74) is 1.00. The van der Waals surface area contributed by atoms with Gasteiger partial charge in [0.05, 0.1) is 11.9 Å². The van der Waals surface area contributed by atoms with Crippen LogP contribution in [0.15, 0.2) is 12.4 Å². The fourth-order valence-corrected chi connectivity index (χ4v) is 2.39. The summed E-state index contributed by atoms with van der Waals surface area (Å²) in [6, 6.07) is 0.878. The zero-order valence-corrected chi connectivity index (χ0v) is 13.4. The third-order valence-electron chi connectivity index (χ3n) is 4.13. The average Bonchev–Trinajstić information content (AvgIpc) is 3.16. The quantitative estimate of drug-likeness (QED) is 0.736. The fraction of sp³-hybridized carbons (Fsp3) is 0.750. The first kappa shape index (κ1) is 15.9. The first-order chi connectivity index (χ1) is 10.1. The van der Waals surface area contributed by atoms with E-state index in [4.69, 9.17) is 0 Å². The van der Waals surface area contributed by atoms with Gasteiger partial charge < -0.3 is 10.6 Å². The van der Waals surface area contributed by atoms with Crippen molar-refractivity contribution in [2.75, 3.05) is 5.32 Å². The summed E-state index contributed by atoms with van der Waals surface area (Å²) in [5, 5.41) is 10.8. The average molecular weight is 292 g/mol. The van der Waals surface area contributed by atoms with Crippen LogP contribution >= 0.6 is 0 Å². The van der Waals surface area contributed by atoms with Gasteiger partial charge in [0.25, 0.3) is 0 Å². The Hall–Kier alpha value is -1.52. The Morgan fingerprint density at radius 2 is 2.19 bits per heavy atom. The molecule has 5 heteroatoms. The molecule has 0 aromatic carbocycles. The standard InChI is InChI=1S/C16H28N4O/c1-4-12(3)8-13(5-2)18-15-9-17-20(10-15)11-16(21)19-14-6-7-14/h9-10,12-14,18H,4-8,11H2,1-3H3,(H,19,21). The lowest BCUT2D eigenvalue weighted by Crippen LogP contribution is -2.29. The van der Waals surface area contributed by atoms with Crippen LogP contribution in [-0.2, 0) is 11.3 Å². The number of nitrogens with zero attached hydrogens (tertiary/aromatic N) is 2. The minimum atomic E-state index is 0.0544. The summed E-state index contributed by atoms with van der Waals surface area (Å²) in [4.78, 5) is 11.7. The van der Waals surface area contributed by atoms with Crippen molar-refractivity contribution in [1.29, 1.82) is 0 Å². The number of rotatable bonds is 9. The predicted molar refractivity (Wildman–Crippen MR) is 85.2 cm³/mol. The molecule has 1 amide bonds. The second-order valence-electron chi connectivity index (χ2n) is 6.27. The topological polar surface area (TPSA) is 59.0 Å². The highest BCUT2D eigenvalue weighted by Crippen LogP contribution is 2.19. The smallest absolute Gasteiger partial charge is 0.241 e. The van der Waals surface area contributed by atoms with Gasteiger partial charge in [-0.05, 0) is 31.6 Å². The van der Waals surface area contributed by atoms with Crippen LogP contribution in [0.25, 0.3) is 0 Å². The summed E-state index contributed by atoms with van der Waals surface area (Å²) in [5.74, 6) is 0.778. The molecule has 0 aliphatic heterocycles. The molecule has 0 radical (unpaired) electrons. The van der Waals surface area contributed by atoms with Crippen molar-refractivity contribution in [3.8, 4) is 0 Å². The number of amides is 1. The Bertz CT molecular complexity index is 453. The molecule has 0 bridgehead atoms. The van der Waals surface area contributed by atoms with Gasteiger partial charge in [0.2, 0.25) is 5.91 Å². The normalized spacial score (nSPS) is 17.3. The summed E-state index contributed by atoms with van der Waals surface area (Å²) in [6.07, 6.45) is 9.43. The minimum absolute atomic E-state index is 0.0544. The van der Waals surface area contributed by atoms with Crippen molar-refractivity contribution >= 4 is 11.6 Å². The number of hydrogen-bond donors (Lipinski definition) is 2. The van der Waals surface area contributed by atoms with Crippen LogP contribution < -0.4 is 10.6 Å². The maximum Gasteiger partial charge on any atom is 0.241 e. The van der Waals surface area contributed by atoms with Gasteiger partial charge in [-0.25, -0.2) is 0 Å². The Morgan fingerprint density at radius 1 is 1.43 bits per heavy atom. The third-order valence-corrected chi connectivity index (χ3v) is 4.13. The molecule has 2 unspecified atom stereocenters. The molecule has 1 fully saturated rings. The number of carbonyl (C=O) groups is 1. The molecule has 1 heterocycles. The van der Waals surface area contributed by atoms with Gasteiger partial charge in [-0.3, -0.25) is 9.48 Å². The number of carbonyl (C=O) groups excluding carboxylic acids is 1. The Balaban J connectivity index is 1.81. The van der Waals surface area contributed by atoms with Crippen LogP contribution in [0, 0.1) is 5.92 Å². The highest BCUT2D eigenvalue weighted by Gasteiger charge is 2.23. The van der Waals surface area contributed by atoms with Gasteiger partial charge in [-0.15, -0.1) is 0 Å². The van der Waals surface area contributed by atoms with Gasteiger partial charge in [0.15, 0.2) is 0 Å². The second kappa shape index (κ2) is 7.48. The highest BCUT2D eigenvalue weighted by atomic mass is 16.2. The molecular formula is C16H28N4O. The lowest BCUT2D eigenvalue weighted by atomic mass is 9.98. The molecule has 1 aromatic heterocycles. The zero-order valence-electron chi connectivity index (χ0n) is 13.4. The fourth-order valence-electron chi connectivity index (χ4n) is 2.39. The van der Waals surface area contributed by atoms with Gasteiger partial charge in [0, 0.05) is 18.3 Å². The molecule has 2 rings (SSSR count). The molecule has 118 valence electrons. The Kier molecular flexibility index (Phi) is 5.65. The van der Waals surface area contributed by atoms with Crippen LogP contribution in [0.1, 0.15) is 52.9 Å². The van der Waals surface area contributed by atoms with Crippen molar-refractivity contribution in [3.63, 3.8) is 0 Å². The Labute approximate surface area is 127 Å². The molecule has 1 aliphatic rings. The van der Waals surface area contributed by atoms with E-state index in [-0.39, 0.29) is 5.91 Å². The zero-order chi connectivity index (χ0) is 15.2. The second-order valence-corrected chi connectivity index (χ2v) is 6.27. The molecule has 2 N–H and O–H groups in total. The van der Waals surface area contributed by atoms with E-state index in [1.807, 2.05) is 12.4 Å². The number of hydrogen-bond acceptors (Lipinski definition) is 3. The van der Waals surface area contributed by atoms with E-state index in [2.05, 4.69) is 36.5 Å². The molecule has 1 aromatic rings. The maximum absolute atomic E-state index is 11.7. The van der Waals surface area contributed by atoms with Gasteiger partial charge in [-0.1, -0.05) is 27.2 Å². The third kappa shape index (κ3) is 5.40. The van der Waals surface area contributed by atoms with Crippen LogP contribution in [0.5, 0.6) is 0 Å². The molecule has 0 spiro atoms. The van der Waals surface area contributed by atoms with Crippen molar-refractivity contribution in [3.05, 3.63) is 12.4 Å². The van der Waals surface area contributed by atoms with Crippen LogP contribution in [-0.4, -0.2) is 27.8 Å². The summed E-state index contributed by atoms with van der Waals surface area (Å²) >= 11 is 0. The van der Waals surface area contributed by atoms with E-state index in [1.54, 1.807) is 4.68 Å². The van der Waals surface area contributed by atoms with E-state index >= 15 is 0 Å². The first-order valence-corrected chi connectivity index (χ1v) is 8.19. The number of nitrogens with one attached hydrogen (secondary N) is 2. The molecular weight excluding hydrogens is 264 g/mol. The van der Waals surface area contributed by atoms with Crippen LogP contribution in [0.3, 0.4) is 0 Å². The minimum Gasteiger partial charge on any atom is -0.380 e. The van der Waals surface area contributed by atoms with Crippen molar-refractivity contribution < 1.29 is 4.79 Å². The highest BCUT2D eigenvalue weighted by molar-refractivity contribution is 5.76. The van der Waals surface area contributed by atoms with Crippen molar-refractivity contribution in [1.82, 2.24) is 15.1 Å². The monoisotopic (exact) mass is 292 g/mol. The summed E-state index contributed by atoms with van der Waals surface area (Å²) in [7, 11) is 0. The lowest BCUT2D eigenvalue weighted by Gasteiger charge is -2.20. The van der Waals surface area contributed by atoms with Crippen LogP contribution in [0.4, 0.5) is 5.69 Å². The van der Waals surface area contributed by atoms with Crippen molar-refractivity contribution in [2.45, 2.75) is 71.5 Å². The van der Waals surface area contributed by atoms with Crippen LogP contribution in [0.2, 0.25) is 0 Å². The molecule has 1 aliphatic carbocycles. The molecule has 1 saturated carbocycles. The van der Waals surface area contributed by atoms with Gasteiger partial charge in [-0.2, -0.15) is 5.10 Å². The molecule has 21 heavy (non-hydrogen) atoms. The van der Waals surface area contributed by atoms with E-state index < -0.39 is 0 Å². The predicted octanol–water partition coefficient (Wildman–Crippen LogP) is 2.79. The number of anilines is 1. The van der Waals surface area contributed by atoms with E-state index in [0.717, 1.165) is 30.9 Å². The van der Waals surface area contributed by atoms with E-state index in [0.29, 0.717) is 18.6 Å². The van der Waals surface area contributed by atoms with Crippen molar-refractivity contribution in [2.24, 2.45) is 5.92 Å². The summed E-state index contributed by atoms with van der Waals surface area (Å²) < 4.78 is 1.70. The van der Waals surface area contributed by atoms with E-state index in [1.165, 1.54) is 12.8 Å². The lowest BCUT2D eigenvalue weighted by molar-refractivity contribution is -0.122. The number of aromatic nitrogens is 2. The van der Waals surface area contributed by atoms with Gasteiger partial charge >= 0.3 is 0 Å². The maximum atomic E-state index is 11.7. The largest absolute Gasteiger partial charge is 0.380 e. The van der Waals surface area contributed by atoms with E-state index in [9.17, 15) is 4.79 Å². The molecule has 5 nitrogen and oxygen atoms in total. The van der Waals surface area contributed by atoms with Gasteiger partial charge in [0.1, 0.15) is 6.54 Å².